The summed E-state index contributed by atoms with van der Waals surface area (Å²) in [4.78, 5) is 9.53. The normalized spacial score (nSPS) is 14.1. The zero-order valence-corrected chi connectivity index (χ0v) is 22.0. The number of aryl methyl sites for hydroxylation is 1. The van der Waals surface area contributed by atoms with Gasteiger partial charge in [0.25, 0.3) is 0 Å². The van der Waals surface area contributed by atoms with E-state index in [-0.39, 0.29) is 11.6 Å². The Hall–Kier alpha value is -3.53. The van der Waals surface area contributed by atoms with Gasteiger partial charge in [-0.3, -0.25) is 10.1 Å². The van der Waals surface area contributed by atoms with Gasteiger partial charge in [0.2, 0.25) is 0 Å². The maximum absolute atomic E-state index is 14.5. The average molecular weight is 501 g/mol. The highest BCUT2D eigenvalue weighted by molar-refractivity contribution is 7.98. The van der Waals surface area contributed by atoms with Gasteiger partial charge >= 0.3 is 0 Å². The number of nitrogens with two attached hydrogens (primary N) is 1. The Labute approximate surface area is 210 Å². The summed E-state index contributed by atoms with van der Waals surface area (Å²) in [5.74, 6) is 1.02. The number of benzene rings is 1. The van der Waals surface area contributed by atoms with E-state index >= 15 is 0 Å². The number of aromatic amines is 1. The van der Waals surface area contributed by atoms with Crippen LogP contribution in [0.1, 0.15) is 32.9 Å². The molecule has 0 saturated carbocycles. The number of aliphatic imine (C=N–C) groups is 2. The minimum Gasteiger partial charge on any atom is -0.492 e. The van der Waals surface area contributed by atoms with Gasteiger partial charge in [-0.05, 0) is 44.7 Å². The van der Waals surface area contributed by atoms with Crippen LogP contribution in [0.3, 0.4) is 0 Å². The first-order chi connectivity index (χ1) is 16.8. The van der Waals surface area contributed by atoms with Crippen LogP contribution in [0.4, 0.5) is 10.2 Å². The quantitative estimate of drug-likeness (QED) is 0.129. The molecule has 0 unspecified atom stereocenters. The van der Waals surface area contributed by atoms with Crippen molar-refractivity contribution in [3.63, 3.8) is 0 Å². The van der Waals surface area contributed by atoms with Crippen molar-refractivity contribution in [3.8, 4) is 5.75 Å². The SMILES string of the molecule is CC/C(C)=C(C(\C=NC)=C\N)/C(OC)=C(\N=C(/C)Oc1ccc(SC)cc1F)Nc1cc(C)[nH]n1. The van der Waals surface area contributed by atoms with Gasteiger partial charge in [-0.25, -0.2) is 4.39 Å². The number of anilines is 1. The van der Waals surface area contributed by atoms with Crippen molar-refractivity contribution in [2.45, 2.75) is 39.0 Å². The third-order valence-electron chi connectivity index (χ3n) is 4.96. The molecule has 35 heavy (non-hydrogen) atoms. The summed E-state index contributed by atoms with van der Waals surface area (Å²) >= 11 is 1.45. The molecule has 0 aliphatic carbocycles. The monoisotopic (exact) mass is 500 g/mol. The number of thioether (sulfide) groups is 1. The standard InChI is InChI=1S/C25H33FN6O2S/c1-8-15(2)23(18(13-27)14-28-5)24(33-6)25(30-22-11-16(3)31-32-22)29-17(4)34-21-10-9-19(35-7)12-20(21)26/h9-14H,8,27H2,1-7H3,(H2,30,31,32)/b18-13+,23-15+,25-24-,28-14?,29-17+. The number of nitrogens with zero attached hydrogens (tertiary/aromatic N) is 3. The van der Waals surface area contributed by atoms with Crippen LogP contribution in [0.5, 0.6) is 5.75 Å². The number of H-pyrrole nitrogens is 1. The predicted octanol–water partition coefficient (Wildman–Crippen LogP) is 5.57. The van der Waals surface area contributed by atoms with Crippen LogP contribution in [0, 0.1) is 12.7 Å². The summed E-state index contributed by atoms with van der Waals surface area (Å²) in [5.41, 5.74) is 9.19. The molecular weight excluding hydrogens is 467 g/mol. The Bertz CT molecular complexity index is 1180. The number of hydrogen-bond donors (Lipinski definition) is 3. The number of aromatic nitrogens is 2. The number of ether oxygens (including phenoxy) is 2. The molecule has 0 fully saturated rings. The van der Waals surface area contributed by atoms with E-state index in [1.165, 1.54) is 24.0 Å². The van der Waals surface area contributed by atoms with Crippen LogP contribution in [0.15, 0.2) is 73.6 Å². The molecule has 0 spiro atoms. The Morgan fingerprint density at radius 3 is 2.57 bits per heavy atom. The van der Waals surface area contributed by atoms with Crippen molar-refractivity contribution in [3.05, 3.63) is 70.3 Å². The first-order valence-corrected chi connectivity index (χ1v) is 12.2. The Morgan fingerprint density at radius 1 is 1.31 bits per heavy atom. The second-order valence-electron chi connectivity index (χ2n) is 7.49. The van der Waals surface area contributed by atoms with E-state index in [9.17, 15) is 4.39 Å². The summed E-state index contributed by atoms with van der Waals surface area (Å²) in [6.07, 6.45) is 5.73. The molecule has 8 nitrogen and oxygen atoms in total. The summed E-state index contributed by atoms with van der Waals surface area (Å²) < 4.78 is 26.1. The summed E-state index contributed by atoms with van der Waals surface area (Å²) in [6, 6.07) is 6.60. The van der Waals surface area contributed by atoms with Gasteiger partial charge in [-0.2, -0.15) is 10.1 Å². The largest absolute Gasteiger partial charge is 0.492 e. The number of methoxy groups -OCH3 is 1. The number of nitrogens with one attached hydrogen (secondary N) is 2. The van der Waals surface area contributed by atoms with Gasteiger partial charge in [-0.1, -0.05) is 12.5 Å². The van der Waals surface area contributed by atoms with Crippen LogP contribution in [0.25, 0.3) is 0 Å². The Kier molecular flexibility index (Phi) is 10.6. The van der Waals surface area contributed by atoms with Crippen molar-refractivity contribution >= 4 is 29.7 Å². The Morgan fingerprint density at radius 2 is 2.06 bits per heavy atom. The van der Waals surface area contributed by atoms with Crippen molar-refractivity contribution in [1.29, 1.82) is 0 Å². The molecule has 0 bridgehead atoms. The van der Waals surface area contributed by atoms with Crippen molar-refractivity contribution in [1.82, 2.24) is 10.2 Å². The van der Waals surface area contributed by atoms with E-state index in [4.69, 9.17) is 15.2 Å². The Balaban J connectivity index is 2.67. The van der Waals surface area contributed by atoms with Gasteiger partial charge in [-0.15, -0.1) is 11.8 Å². The lowest BCUT2D eigenvalue weighted by molar-refractivity contribution is 0.296. The number of rotatable bonds is 10. The van der Waals surface area contributed by atoms with E-state index in [1.54, 1.807) is 39.4 Å². The minimum absolute atomic E-state index is 0.0687. The zero-order valence-electron chi connectivity index (χ0n) is 21.2. The maximum Gasteiger partial charge on any atom is 0.193 e. The molecule has 2 aromatic rings. The van der Waals surface area contributed by atoms with Crippen molar-refractivity contribution < 1.29 is 13.9 Å². The fraction of sp³-hybridized carbons (Fsp3) is 0.320. The predicted molar refractivity (Wildman–Crippen MR) is 143 cm³/mol. The summed E-state index contributed by atoms with van der Waals surface area (Å²) in [6.45, 7) is 7.53. The highest BCUT2D eigenvalue weighted by Crippen LogP contribution is 2.29. The lowest BCUT2D eigenvalue weighted by Gasteiger charge is -2.18. The number of allylic oxidation sites excluding steroid dienone is 2. The van der Waals surface area contributed by atoms with Crippen LogP contribution >= 0.6 is 11.8 Å². The van der Waals surface area contributed by atoms with Crippen LogP contribution in [-0.2, 0) is 4.74 Å². The highest BCUT2D eigenvalue weighted by atomic mass is 32.2. The fourth-order valence-electron chi connectivity index (χ4n) is 3.16. The molecule has 0 saturated heterocycles. The molecule has 1 heterocycles. The molecule has 4 N–H and O–H groups in total. The van der Waals surface area contributed by atoms with E-state index in [1.807, 2.05) is 33.1 Å². The molecule has 0 aliphatic heterocycles. The second-order valence-corrected chi connectivity index (χ2v) is 8.37. The van der Waals surface area contributed by atoms with Gasteiger partial charge in [0, 0.05) is 54.2 Å². The van der Waals surface area contributed by atoms with Crippen LogP contribution in [0.2, 0.25) is 0 Å². The fourth-order valence-corrected chi connectivity index (χ4v) is 3.59. The van der Waals surface area contributed by atoms with Crippen LogP contribution < -0.4 is 15.8 Å². The smallest absolute Gasteiger partial charge is 0.193 e. The van der Waals surface area contributed by atoms with Gasteiger partial charge in [0.05, 0.1) is 7.11 Å². The molecule has 0 aliphatic rings. The van der Waals surface area contributed by atoms with E-state index in [0.717, 1.165) is 28.2 Å². The lowest BCUT2D eigenvalue weighted by Crippen LogP contribution is -2.13. The zero-order chi connectivity index (χ0) is 26.0. The first-order valence-electron chi connectivity index (χ1n) is 11.0. The van der Waals surface area contributed by atoms with Crippen molar-refractivity contribution in [2.24, 2.45) is 15.7 Å². The molecule has 2 rings (SSSR count). The van der Waals surface area contributed by atoms with E-state index < -0.39 is 5.82 Å². The molecule has 0 atom stereocenters. The summed E-state index contributed by atoms with van der Waals surface area (Å²) in [7, 11) is 3.21. The average Bonchev–Trinajstić information content (AvgIpc) is 3.26. The topological polar surface area (TPSA) is 110 Å². The van der Waals surface area contributed by atoms with Gasteiger partial charge in [0.15, 0.2) is 34.9 Å². The first kappa shape index (κ1) is 27.7. The molecule has 188 valence electrons. The van der Waals surface area contributed by atoms with E-state index in [0.29, 0.717) is 23.0 Å². The van der Waals surface area contributed by atoms with Gasteiger partial charge in [0.1, 0.15) is 0 Å². The van der Waals surface area contributed by atoms with Gasteiger partial charge < -0.3 is 20.5 Å². The van der Waals surface area contributed by atoms with E-state index in [2.05, 4.69) is 25.5 Å². The molecule has 10 heteroatoms. The molecule has 0 amide bonds. The second kappa shape index (κ2) is 13.4. The highest BCUT2D eigenvalue weighted by Gasteiger charge is 2.20. The summed E-state index contributed by atoms with van der Waals surface area (Å²) in [5, 5.41) is 10.3. The minimum atomic E-state index is -0.477. The lowest BCUT2D eigenvalue weighted by atomic mass is 9.98. The third kappa shape index (κ3) is 7.48. The molecule has 1 aromatic carbocycles. The third-order valence-corrected chi connectivity index (χ3v) is 5.68. The molecule has 1 aromatic heterocycles. The maximum atomic E-state index is 14.5. The van der Waals surface area contributed by atoms with Crippen molar-refractivity contribution in [2.75, 3.05) is 25.7 Å². The number of halogens is 1. The molecule has 0 radical (unpaired) electrons. The number of hydrogen-bond acceptors (Lipinski definition) is 8. The molecular formula is C25H33FN6O2S. The van der Waals surface area contributed by atoms with Crippen LogP contribution in [-0.4, -0.2) is 42.7 Å².